The van der Waals surface area contributed by atoms with E-state index in [-0.39, 0.29) is 29.1 Å². The molecule has 0 fully saturated rings. The number of para-hydroxylation sites is 1. The van der Waals surface area contributed by atoms with Gasteiger partial charge in [0.1, 0.15) is 12.4 Å². The smallest absolute Gasteiger partial charge is 0.416 e. The van der Waals surface area contributed by atoms with E-state index in [1.54, 1.807) is 47.0 Å². The van der Waals surface area contributed by atoms with Crippen LogP contribution < -0.4 is 4.74 Å². The third-order valence-corrected chi connectivity index (χ3v) is 6.74. The van der Waals surface area contributed by atoms with Crippen LogP contribution >= 0.6 is 23.2 Å². The van der Waals surface area contributed by atoms with Crippen LogP contribution in [0.1, 0.15) is 17.0 Å². The highest BCUT2D eigenvalue weighted by Crippen LogP contribution is 2.31. The van der Waals surface area contributed by atoms with Crippen molar-refractivity contribution in [3.05, 3.63) is 99.8 Å². The van der Waals surface area contributed by atoms with Gasteiger partial charge in [0.15, 0.2) is 5.82 Å². The van der Waals surface area contributed by atoms with Crippen LogP contribution in [0, 0.1) is 0 Å². The van der Waals surface area contributed by atoms with Crippen LogP contribution in [0.25, 0.3) is 5.69 Å². The first kappa shape index (κ1) is 24.3. The zero-order valence-corrected chi connectivity index (χ0v) is 19.6. The number of nitrogens with zero attached hydrogens (tertiary/aromatic N) is 3. The molecule has 1 aromatic heterocycles. The van der Waals surface area contributed by atoms with Gasteiger partial charge >= 0.3 is 6.18 Å². The second-order valence-corrected chi connectivity index (χ2v) is 9.28. The van der Waals surface area contributed by atoms with Gasteiger partial charge in [0.2, 0.25) is 5.16 Å². The Balaban J connectivity index is 1.62. The maximum absolute atomic E-state index is 13.2. The van der Waals surface area contributed by atoms with Crippen molar-refractivity contribution in [2.75, 3.05) is 0 Å². The third-order valence-electron chi connectivity index (χ3n) is 4.73. The lowest BCUT2D eigenvalue weighted by Crippen LogP contribution is -2.11. The van der Waals surface area contributed by atoms with Crippen LogP contribution in [0.2, 0.25) is 10.0 Å². The number of ether oxygens (including phenoxy) is 1. The molecular formula is C23H16Cl2F3N3O2S. The molecule has 1 heterocycles. The number of benzene rings is 3. The molecule has 4 rings (SSSR count). The Labute approximate surface area is 205 Å². The van der Waals surface area contributed by atoms with Gasteiger partial charge in [-0.05, 0) is 48.0 Å². The molecule has 176 valence electrons. The minimum Gasteiger partial charge on any atom is -0.486 e. The van der Waals surface area contributed by atoms with E-state index < -0.39 is 22.5 Å². The lowest BCUT2D eigenvalue weighted by Gasteiger charge is -2.12. The Hall–Kier alpha value is -2.88. The molecule has 0 amide bonds. The highest BCUT2D eigenvalue weighted by molar-refractivity contribution is 7.84. The molecule has 0 aliphatic carbocycles. The molecule has 0 N–H and O–H groups in total. The fraction of sp³-hybridized carbons (Fsp3) is 0.130. The summed E-state index contributed by atoms with van der Waals surface area (Å²) in [6.45, 7) is -0.187. The van der Waals surface area contributed by atoms with Crippen molar-refractivity contribution in [2.45, 2.75) is 23.7 Å². The number of hydrogen-bond acceptors (Lipinski definition) is 4. The monoisotopic (exact) mass is 525 g/mol. The summed E-state index contributed by atoms with van der Waals surface area (Å²) in [6.07, 6.45) is -4.49. The number of alkyl halides is 3. The topological polar surface area (TPSA) is 57.0 Å². The number of aromatic nitrogens is 3. The van der Waals surface area contributed by atoms with E-state index >= 15 is 0 Å². The van der Waals surface area contributed by atoms with Gasteiger partial charge in [-0.25, -0.2) is 0 Å². The first-order valence-corrected chi connectivity index (χ1v) is 11.9. The van der Waals surface area contributed by atoms with Crippen LogP contribution in [-0.4, -0.2) is 19.0 Å². The Morgan fingerprint density at radius 3 is 2.38 bits per heavy atom. The van der Waals surface area contributed by atoms with Gasteiger partial charge in [-0.2, -0.15) is 13.2 Å². The summed E-state index contributed by atoms with van der Waals surface area (Å²) in [4.78, 5) is 0. The van der Waals surface area contributed by atoms with Gasteiger partial charge in [-0.1, -0.05) is 53.5 Å². The van der Waals surface area contributed by atoms with Crippen molar-refractivity contribution in [1.29, 1.82) is 0 Å². The van der Waals surface area contributed by atoms with Crippen molar-refractivity contribution in [1.82, 2.24) is 14.8 Å². The van der Waals surface area contributed by atoms with E-state index in [9.17, 15) is 17.4 Å². The number of hydrogen-bond donors (Lipinski definition) is 0. The SMILES string of the molecule is O=S(Cc1ccc(Cl)c(Cl)c1)c1nnc(COc2cccc(C(F)(F)F)c2)n1-c1ccccc1. The molecule has 4 aromatic rings. The van der Waals surface area contributed by atoms with Crippen LogP contribution in [0.15, 0.2) is 78.0 Å². The second-order valence-electron chi connectivity index (χ2n) is 7.12. The van der Waals surface area contributed by atoms with E-state index in [1.165, 1.54) is 12.1 Å². The van der Waals surface area contributed by atoms with E-state index in [0.717, 1.165) is 12.1 Å². The largest absolute Gasteiger partial charge is 0.486 e. The summed E-state index contributed by atoms with van der Waals surface area (Å²) >= 11 is 12.0. The average Bonchev–Trinajstić information content (AvgIpc) is 3.24. The zero-order chi connectivity index (χ0) is 24.3. The molecule has 5 nitrogen and oxygen atoms in total. The predicted molar refractivity (Wildman–Crippen MR) is 124 cm³/mol. The van der Waals surface area contributed by atoms with Crippen LogP contribution in [-0.2, 0) is 29.3 Å². The van der Waals surface area contributed by atoms with Gasteiger partial charge in [0.25, 0.3) is 0 Å². The third kappa shape index (κ3) is 5.60. The molecule has 1 unspecified atom stereocenters. The molecule has 34 heavy (non-hydrogen) atoms. The summed E-state index contributed by atoms with van der Waals surface area (Å²) in [5.41, 5.74) is 0.502. The van der Waals surface area contributed by atoms with Crippen LogP contribution in [0.4, 0.5) is 13.2 Å². The van der Waals surface area contributed by atoms with E-state index in [2.05, 4.69) is 10.2 Å². The van der Waals surface area contributed by atoms with Crippen molar-refractivity contribution >= 4 is 34.0 Å². The molecule has 0 saturated heterocycles. The lowest BCUT2D eigenvalue weighted by molar-refractivity contribution is -0.137. The maximum atomic E-state index is 13.2. The number of rotatable bonds is 7. The van der Waals surface area contributed by atoms with Gasteiger partial charge in [0, 0.05) is 5.69 Å². The molecular weight excluding hydrogens is 510 g/mol. The van der Waals surface area contributed by atoms with E-state index in [1.807, 2.05) is 6.07 Å². The molecule has 0 bridgehead atoms. The summed E-state index contributed by atoms with van der Waals surface area (Å²) in [5, 5.41) is 9.09. The van der Waals surface area contributed by atoms with Crippen molar-refractivity contribution in [3.63, 3.8) is 0 Å². The Kier molecular flexibility index (Phi) is 7.25. The first-order valence-electron chi connectivity index (χ1n) is 9.84. The minimum atomic E-state index is -4.49. The van der Waals surface area contributed by atoms with Crippen molar-refractivity contribution in [3.8, 4) is 11.4 Å². The molecule has 0 radical (unpaired) electrons. The zero-order valence-electron chi connectivity index (χ0n) is 17.3. The van der Waals surface area contributed by atoms with Gasteiger partial charge in [-0.15, -0.1) is 10.2 Å². The highest BCUT2D eigenvalue weighted by atomic mass is 35.5. The normalized spacial score (nSPS) is 12.5. The lowest BCUT2D eigenvalue weighted by atomic mass is 10.2. The maximum Gasteiger partial charge on any atom is 0.416 e. The molecule has 3 aromatic carbocycles. The summed E-state index contributed by atoms with van der Waals surface area (Å²) in [6, 6.07) is 18.5. The van der Waals surface area contributed by atoms with Crippen LogP contribution in [0.5, 0.6) is 5.75 Å². The molecule has 0 aliphatic rings. The second kappa shape index (κ2) is 10.2. The molecule has 1 atom stereocenters. The minimum absolute atomic E-state index is 0.0240. The Morgan fingerprint density at radius 1 is 0.912 bits per heavy atom. The van der Waals surface area contributed by atoms with Gasteiger partial charge < -0.3 is 4.74 Å². The van der Waals surface area contributed by atoms with Gasteiger partial charge in [-0.3, -0.25) is 8.78 Å². The number of halogens is 5. The van der Waals surface area contributed by atoms with E-state index in [4.69, 9.17) is 27.9 Å². The molecule has 11 heteroatoms. The predicted octanol–water partition coefficient (Wildman–Crippen LogP) is 6.48. The quantitative estimate of drug-likeness (QED) is 0.277. The summed E-state index contributed by atoms with van der Waals surface area (Å²) in [7, 11) is -1.62. The van der Waals surface area contributed by atoms with Crippen molar-refractivity contribution in [2.24, 2.45) is 0 Å². The fourth-order valence-electron chi connectivity index (χ4n) is 3.13. The summed E-state index contributed by atoms with van der Waals surface area (Å²) in [5.74, 6) is 0.410. The Morgan fingerprint density at radius 2 is 1.68 bits per heavy atom. The summed E-state index contributed by atoms with van der Waals surface area (Å²) < 4.78 is 59.3. The van der Waals surface area contributed by atoms with Gasteiger partial charge in [0.05, 0.1) is 32.2 Å². The first-order chi connectivity index (χ1) is 16.2. The highest BCUT2D eigenvalue weighted by Gasteiger charge is 2.30. The standard InChI is InChI=1S/C23H16Cl2F3N3O2S/c24-19-10-9-15(11-20(19)25)14-34(32)22-30-29-21(31(22)17-6-2-1-3-7-17)13-33-18-8-4-5-16(12-18)23(26,27)28/h1-12H,13-14H2. The van der Waals surface area contributed by atoms with Crippen LogP contribution in [0.3, 0.4) is 0 Å². The average molecular weight is 526 g/mol. The van der Waals surface area contributed by atoms with Crippen molar-refractivity contribution < 1.29 is 22.1 Å². The Bertz CT molecular complexity index is 1330. The van der Waals surface area contributed by atoms with E-state index in [0.29, 0.717) is 21.3 Å². The fourth-order valence-corrected chi connectivity index (χ4v) is 4.61. The molecule has 0 saturated carbocycles. The molecule has 0 aliphatic heterocycles. The molecule has 0 spiro atoms.